The molecular weight excluding hydrogens is 392 g/mol. The molecule has 0 saturated carbocycles. The number of benzene rings is 1. The Bertz CT molecular complexity index is 1250. The normalized spacial score (nSPS) is 12.6. The first-order chi connectivity index (χ1) is 14.2. The van der Waals surface area contributed by atoms with E-state index in [1.54, 1.807) is 18.8 Å². The number of nitrogens with one attached hydrogen (secondary N) is 1. The molecule has 0 spiro atoms. The molecule has 1 aromatic carbocycles. The highest BCUT2D eigenvalue weighted by atomic mass is 32.2. The maximum atomic E-state index is 12.0. The Labute approximate surface area is 179 Å². The van der Waals surface area contributed by atoms with Crippen LogP contribution in [0.15, 0.2) is 36.8 Å². The van der Waals surface area contributed by atoms with Crippen LogP contribution in [0.5, 0.6) is 0 Å². The fourth-order valence-electron chi connectivity index (χ4n) is 3.27. The van der Waals surface area contributed by atoms with Gasteiger partial charge in [-0.3, -0.25) is 4.98 Å². The van der Waals surface area contributed by atoms with Gasteiger partial charge in [-0.1, -0.05) is 37.0 Å². The van der Waals surface area contributed by atoms with Gasteiger partial charge in [0.05, 0.1) is 28.3 Å². The Balaban J connectivity index is 2.14. The molecule has 3 aromatic rings. The summed E-state index contributed by atoms with van der Waals surface area (Å²) >= 11 is 0. The monoisotopic (exact) mass is 418 g/mol. The van der Waals surface area contributed by atoms with Gasteiger partial charge in [0, 0.05) is 33.3 Å². The maximum Gasteiger partial charge on any atom is 0.116 e. The minimum atomic E-state index is -2.40. The van der Waals surface area contributed by atoms with Crippen molar-refractivity contribution in [2.45, 2.75) is 34.1 Å². The van der Waals surface area contributed by atoms with Gasteiger partial charge in [0.15, 0.2) is 0 Å². The lowest BCUT2D eigenvalue weighted by Gasteiger charge is -2.12. The van der Waals surface area contributed by atoms with Crippen LogP contribution in [0, 0.1) is 32.6 Å². The third-order valence-electron chi connectivity index (χ3n) is 4.72. The fourth-order valence-corrected chi connectivity index (χ4v) is 3.94. The van der Waals surface area contributed by atoms with Gasteiger partial charge >= 0.3 is 0 Å². The van der Waals surface area contributed by atoms with E-state index >= 15 is 0 Å². The molecule has 5 nitrogen and oxygen atoms in total. The Morgan fingerprint density at radius 1 is 1.10 bits per heavy atom. The van der Waals surface area contributed by atoms with Gasteiger partial charge in [0.2, 0.25) is 0 Å². The largest absolute Gasteiger partial charge is 0.311 e. The predicted molar refractivity (Wildman–Crippen MR) is 126 cm³/mol. The van der Waals surface area contributed by atoms with Gasteiger partial charge < -0.3 is 4.72 Å². The first-order valence-corrected chi connectivity index (χ1v) is 11.8. The smallest absolute Gasteiger partial charge is 0.116 e. The van der Waals surface area contributed by atoms with Crippen molar-refractivity contribution in [3.8, 4) is 23.1 Å². The van der Waals surface area contributed by atoms with Gasteiger partial charge in [0.25, 0.3) is 0 Å². The van der Waals surface area contributed by atoms with Crippen LogP contribution in [0.2, 0.25) is 0 Å². The maximum absolute atomic E-state index is 12.0. The second-order valence-corrected chi connectivity index (χ2v) is 9.59. The highest BCUT2D eigenvalue weighted by Crippen LogP contribution is 2.29. The standard InChI is InChI=1S/C24H26N4OS/c1-7-21-20(24(27-15-26-21)23-16(2)9-8-10-17(23)3)12-11-19-13-22(18(4)25-14-19)28-30(5,6)29/h8-10,13-15H,5,7H2,1-4,6H3,(H,28,29). The summed E-state index contributed by atoms with van der Waals surface area (Å²) in [7, 11) is -2.40. The van der Waals surface area contributed by atoms with Gasteiger partial charge in [-0.25, -0.2) is 14.2 Å². The average molecular weight is 419 g/mol. The van der Waals surface area contributed by atoms with E-state index in [1.807, 2.05) is 19.1 Å². The second-order valence-electron chi connectivity index (χ2n) is 7.38. The zero-order valence-electron chi connectivity index (χ0n) is 18.0. The highest BCUT2D eigenvalue weighted by molar-refractivity contribution is 8.00. The van der Waals surface area contributed by atoms with Gasteiger partial charge in [0.1, 0.15) is 6.33 Å². The second kappa shape index (κ2) is 8.68. The molecule has 2 heterocycles. The number of aromatic nitrogens is 3. The van der Waals surface area contributed by atoms with E-state index in [4.69, 9.17) is 0 Å². The van der Waals surface area contributed by atoms with Crippen molar-refractivity contribution in [2.75, 3.05) is 11.0 Å². The van der Waals surface area contributed by atoms with Crippen LogP contribution in [0.3, 0.4) is 0 Å². The summed E-state index contributed by atoms with van der Waals surface area (Å²) in [5, 5.41) is 0. The Kier molecular flexibility index (Phi) is 6.23. The minimum absolute atomic E-state index is 0.666. The first-order valence-electron chi connectivity index (χ1n) is 9.68. The van der Waals surface area contributed by atoms with Crippen molar-refractivity contribution in [3.63, 3.8) is 0 Å². The van der Waals surface area contributed by atoms with Crippen LogP contribution in [0.4, 0.5) is 5.69 Å². The number of aryl methyl sites for hydroxylation is 4. The van der Waals surface area contributed by atoms with E-state index in [-0.39, 0.29) is 0 Å². The first kappa shape index (κ1) is 21.5. The van der Waals surface area contributed by atoms with Crippen molar-refractivity contribution in [1.82, 2.24) is 15.0 Å². The summed E-state index contributed by atoms with van der Waals surface area (Å²) in [6.45, 7) is 8.07. The topological polar surface area (TPSA) is 67.8 Å². The third-order valence-corrected chi connectivity index (χ3v) is 5.37. The van der Waals surface area contributed by atoms with Crippen molar-refractivity contribution in [1.29, 1.82) is 0 Å². The van der Waals surface area contributed by atoms with Gasteiger partial charge in [-0.15, -0.1) is 0 Å². The Morgan fingerprint density at radius 3 is 2.43 bits per heavy atom. The zero-order chi connectivity index (χ0) is 21.9. The summed E-state index contributed by atoms with van der Waals surface area (Å²) < 4.78 is 15.0. The minimum Gasteiger partial charge on any atom is -0.311 e. The molecule has 0 amide bonds. The van der Waals surface area contributed by atoms with E-state index in [1.165, 1.54) is 0 Å². The molecule has 0 fully saturated rings. The van der Waals surface area contributed by atoms with Crippen molar-refractivity contribution in [3.05, 3.63) is 70.4 Å². The molecule has 0 bridgehead atoms. The predicted octanol–water partition coefficient (Wildman–Crippen LogP) is 4.10. The quantitative estimate of drug-likeness (QED) is 0.512. The van der Waals surface area contributed by atoms with Crippen LogP contribution >= 0.6 is 0 Å². The molecule has 1 atom stereocenters. The number of hydrogen-bond donors (Lipinski definition) is 1. The number of pyridine rings is 1. The lowest BCUT2D eigenvalue weighted by molar-refractivity contribution is 0.688. The number of hydrogen-bond acceptors (Lipinski definition) is 4. The zero-order valence-corrected chi connectivity index (χ0v) is 18.9. The third kappa shape index (κ3) is 4.87. The molecule has 1 N–H and O–H groups in total. The molecule has 0 radical (unpaired) electrons. The molecule has 154 valence electrons. The van der Waals surface area contributed by atoms with Crippen LogP contribution in [0.1, 0.15) is 40.6 Å². The van der Waals surface area contributed by atoms with Gasteiger partial charge in [-0.05, 0) is 50.3 Å². The van der Waals surface area contributed by atoms with Crippen molar-refractivity contribution in [2.24, 2.45) is 0 Å². The molecule has 1 unspecified atom stereocenters. The number of rotatable bonds is 4. The van der Waals surface area contributed by atoms with E-state index in [9.17, 15) is 4.21 Å². The number of nitrogens with zero attached hydrogens (tertiary/aromatic N) is 3. The SMILES string of the molecule is C=S(C)(=O)Nc1cc(C#Cc2c(CC)ncnc2-c2c(C)cccc2C)cnc1C. The summed E-state index contributed by atoms with van der Waals surface area (Å²) in [5.74, 6) is 10.1. The molecule has 0 aliphatic carbocycles. The van der Waals surface area contributed by atoms with Crippen molar-refractivity contribution < 1.29 is 4.21 Å². The average Bonchev–Trinajstić information content (AvgIpc) is 2.67. The number of anilines is 1. The Morgan fingerprint density at radius 2 is 1.80 bits per heavy atom. The highest BCUT2D eigenvalue weighted by Gasteiger charge is 2.14. The molecule has 3 rings (SSSR count). The summed E-state index contributed by atoms with van der Waals surface area (Å²) in [6, 6.07) is 8.05. The summed E-state index contributed by atoms with van der Waals surface area (Å²) in [4.78, 5) is 13.4. The van der Waals surface area contributed by atoms with E-state index in [2.05, 4.69) is 70.3 Å². The molecule has 0 aliphatic rings. The van der Waals surface area contributed by atoms with Crippen LogP contribution in [-0.4, -0.2) is 31.3 Å². The lowest BCUT2D eigenvalue weighted by atomic mass is 9.95. The van der Waals surface area contributed by atoms with E-state index < -0.39 is 9.71 Å². The lowest BCUT2D eigenvalue weighted by Crippen LogP contribution is -2.11. The molecule has 2 aromatic heterocycles. The van der Waals surface area contributed by atoms with Gasteiger partial charge in [-0.2, -0.15) is 0 Å². The van der Waals surface area contributed by atoms with Crippen LogP contribution in [0.25, 0.3) is 11.3 Å². The molecule has 30 heavy (non-hydrogen) atoms. The van der Waals surface area contributed by atoms with E-state index in [0.717, 1.165) is 45.8 Å². The fraction of sp³-hybridized carbons (Fsp3) is 0.250. The van der Waals surface area contributed by atoms with Crippen molar-refractivity contribution >= 4 is 21.3 Å². The molecule has 6 heteroatoms. The summed E-state index contributed by atoms with van der Waals surface area (Å²) in [6.07, 6.45) is 5.62. The molecule has 0 aliphatic heterocycles. The molecule has 0 saturated heterocycles. The van der Waals surface area contributed by atoms with Crippen LogP contribution < -0.4 is 4.72 Å². The van der Waals surface area contributed by atoms with E-state index in [0.29, 0.717) is 11.3 Å². The Hall–Kier alpha value is -3.17. The molecular formula is C24H26N4OS. The van der Waals surface area contributed by atoms with Crippen LogP contribution in [-0.2, 0) is 16.1 Å². The summed E-state index contributed by atoms with van der Waals surface area (Å²) in [5.41, 5.74) is 8.08.